The van der Waals surface area contributed by atoms with Crippen LogP contribution in [0.3, 0.4) is 0 Å². The Bertz CT molecular complexity index is 5270. The topological polar surface area (TPSA) is 337 Å². The van der Waals surface area contributed by atoms with Crippen molar-refractivity contribution in [2.45, 2.75) is 199 Å². The second-order valence-corrected chi connectivity index (χ2v) is 40.2. The summed E-state index contributed by atoms with van der Waals surface area (Å²) in [5, 5.41) is 46.6. The average molecular weight is 1830 g/mol. The molecule has 11 aliphatic rings. The van der Waals surface area contributed by atoms with E-state index in [9.17, 15) is 29.4 Å². The second-order valence-electron chi connectivity index (χ2n) is 40.2. The van der Waals surface area contributed by atoms with Crippen LogP contribution in [-0.2, 0) is 22.2 Å². The van der Waals surface area contributed by atoms with Crippen molar-refractivity contribution >= 4 is 64.7 Å². The summed E-state index contributed by atoms with van der Waals surface area (Å²) in [5.41, 5.74) is 9.28. The second kappa shape index (κ2) is 39.5. The summed E-state index contributed by atoms with van der Waals surface area (Å²) in [4.78, 5) is 113. The molecule has 134 heavy (non-hydrogen) atoms. The highest BCUT2D eigenvalue weighted by molar-refractivity contribution is 5.97. The molecular weight excluding hydrogens is 1690 g/mol. The van der Waals surface area contributed by atoms with E-state index in [4.69, 9.17) is 5.11 Å². The molecule has 4 aliphatic carbocycles. The molecule has 8 amide bonds. The Balaban J connectivity index is 0.000000124. The van der Waals surface area contributed by atoms with Gasteiger partial charge in [-0.05, 0) is 227 Å². The Kier molecular flexibility index (Phi) is 27.8. The zero-order valence-electron chi connectivity index (χ0n) is 79.8. The number of aliphatic hydroxyl groups is 3. The molecule has 2 unspecified atom stereocenters. The first kappa shape index (κ1) is 94.3. The Morgan fingerprint density at radius 2 is 0.612 bits per heavy atom. The molecule has 12 heterocycles. The SMILES string of the molecule is CN(C)C1(c2ccccc2)CCC2(CC1)CN(c1cnc(N3CCCC(O)C3)nc1)C(=O)N2.CN(C)C1(c2ccccc2)CCC2(CC1)CN(c1cnc(N3CCCC(O)C3)nc1)C(=O)N2.CN(C)C1(c2ccccc2)CCC2(CC1)CN(c1cnc(N3CCN(CCO)CC3)nc1)C(=O)N2.Cc1cc(C)n(-c2ncc(N3CC4(CCC(c5ccccc5)(N(C)C)CC4)NC3=O)cn2)n1. The molecule has 0 bridgehead atoms. The summed E-state index contributed by atoms with van der Waals surface area (Å²) in [7, 11) is 17.3. The number of amides is 8. The highest BCUT2D eigenvalue weighted by Crippen LogP contribution is 2.52. The Labute approximate surface area is 788 Å². The highest BCUT2D eigenvalue weighted by Gasteiger charge is 2.56. The first-order valence-corrected chi connectivity index (χ1v) is 48.2. The molecule has 9 aromatic rings. The minimum absolute atomic E-state index is 0.00336. The van der Waals surface area contributed by atoms with Gasteiger partial charge in [-0.15, -0.1) is 0 Å². The maximum absolute atomic E-state index is 13.0. The quantitative estimate of drug-likeness (QED) is 0.0420. The number of anilines is 7. The summed E-state index contributed by atoms with van der Waals surface area (Å²) in [6.07, 6.45) is 32.1. The van der Waals surface area contributed by atoms with E-state index in [1.165, 1.54) is 22.3 Å². The molecule has 7 N–H and O–H groups in total. The molecule has 0 radical (unpaired) electrons. The number of aromatic nitrogens is 10. The van der Waals surface area contributed by atoms with Crippen LogP contribution < -0.4 is 55.6 Å². The predicted octanol–water partition coefficient (Wildman–Crippen LogP) is 10.9. The molecule has 11 fully saturated rings. The lowest BCUT2D eigenvalue weighted by Gasteiger charge is -2.48. The maximum atomic E-state index is 13.0. The number of carbonyl (C=O) groups is 4. The fourth-order valence-corrected chi connectivity index (χ4v) is 23.2. The smallest absolute Gasteiger partial charge is 0.322 e. The lowest BCUT2D eigenvalue weighted by molar-refractivity contribution is 0.0657. The van der Waals surface area contributed by atoms with Crippen LogP contribution in [0.5, 0.6) is 0 Å². The molecule has 4 spiro atoms. The molecule has 7 aliphatic heterocycles. The molecule has 5 aromatic heterocycles. The number of aliphatic hydroxyl groups excluding tert-OH is 3. The molecule has 20 rings (SSSR count). The number of piperidine rings is 2. The number of rotatable bonds is 18. The summed E-state index contributed by atoms with van der Waals surface area (Å²) >= 11 is 0. The Morgan fingerprint density at radius 3 is 0.851 bits per heavy atom. The summed E-state index contributed by atoms with van der Waals surface area (Å²) in [6, 6.07) is 44.6. The van der Waals surface area contributed by atoms with Gasteiger partial charge in [0.25, 0.3) is 5.95 Å². The summed E-state index contributed by atoms with van der Waals surface area (Å²) < 4.78 is 1.72. The third-order valence-electron chi connectivity index (χ3n) is 31.5. The van der Waals surface area contributed by atoms with Crippen molar-refractivity contribution in [3.8, 4) is 5.95 Å². The van der Waals surface area contributed by atoms with E-state index in [-0.39, 0.29) is 87.3 Å². The monoisotopic (exact) mass is 1830 g/mol. The van der Waals surface area contributed by atoms with Gasteiger partial charge in [-0.25, -0.2) is 63.7 Å². The number of β-amino-alcohol motifs (C(OH)–C–C–N with tert-alkyl or cyclic N) is 3. The van der Waals surface area contributed by atoms with Crippen LogP contribution >= 0.6 is 0 Å². The molecule has 4 aromatic carbocycles. The van der Waals surface area contributed by atoms with Crippen LogP contribution in [-0.4, -0.2) is 296 Å². The summed E-state index contributed by atoms with van der Waals surface area (Å²) in [5.74, 6) is 2.43. The van der Waals surface area contributed by atoms with Gasteiger partial charge in [-0.3, -0.25) is 44.1 Å². The normalized spacial score (nSPS) is 28.3. The zero-order valence-corrected chi connectivity index (χ0v) is 79.8. The van der Waals surface area contributed by atoms with Crippen molar-refractivity contribution < 1.29 is 34.5 Å². The predicted molar refractivity (Wildman–Crippen MR) is 521 cm³/mol. The van der Waals surface area contributed by atoms with E-state index in [1.807, 2.05) is 29.7 Å². The molecule has 33 heteroatoms. The standard InChI is InChI=1S/C26H37N7O2.C25H31N7O.2C25H34N6O2/c1-30(2)26(21-6-4-3-5-7-21)10-8-25(9-11-26)20-33(24(35)29-25)22-18-27-23(28-19-22)32-14-12-31(13-15-32)16-17-34;1-18-14-19(2)32(29-18)22-26-15-21(16-27-22)31-17-24(28-23(31)33)10-12-25(13-11-24,30(3)4)20-8-6-5-7-9-20;2*1-29(2)25(19-7-4-3-5-8-19)12-10-24(11-13-25)18-31(23(33)28-24)20-15-26-22(27-16-20)30-14-6-9-21(32)17-30/h3-7,18-19,34H,8-17,20H2,1-2H3,(H,29,35);5-9,14-16H,10-13,17H2,1-4H3,(H,28,33);2*3-5,7-8,15-16,21,32H,6,9-14,17-18H2,1-2H3,(H,28,33). The van der Waals surface area contributed by atoms with Gasteiger partial charge in [-0.1, -0.05) is 121 Å². The minimum atomic E-state index is -0.331. The molecule has 33 nitrogen and oxygen atoms in total. The fraction of sp³-hybridized carbons (Fsp3) is 0.535. The van der Waals surface area contributed by atoms with Crippen molar-refractivity contribution in [3.63, 3.8) is 0 Å². The van der Waals surface area contributed by atoms with Gasteiger partial charge in [0.15, 0.2) is 0 Å². The molecular formula is C101H136N26O7. The van der Waals surface area contributed by atoms with Crippen LogP contribution in [0.2, 0.25) is 0 Å². The summed E-state index contributed by atoms with van der Waals surface area (Å²) in [6.45, 7) is 13.6. The van der Waals surface area contributed by atoms with Gasteiger partial charge in [0.05, 0.1) is 145 Å². The third-order valence-corrected chi connectivity index (χ3v) is 31.5. The van der Waals surface area contributed by atoms with Crippen LogP contribution in [0.25, 0.3) is 5.95 Å². The number of aryl methyl sites for hydroxylation is 2. The minimum Gasteiger partial charge on any atom is -0.395 e. The van der Waals surface area contributed by atoms with Gasteiger partial charge in [0.2, 0.25) is 17.8 Å². The van der Waals surface area contributed by atoms with E-state index >= 15 is 0 Å². The van der Waals surface area contributed by atoms with Crippen LogP contribution in [0.15, 0.2) is 177 Å². The number of hydrogen-bond acceptors (Lipinski definition) is 24. The Morgan fingerprint density at radius 1 is 0.351 bits per heavy atom. The van der Waals surface area contributed by atoms with Gasteiger partial charge in [-0.2, -0.15) is 5.10 Å². The van der Waals surface area contributed by atoms with E-state index in [0.29, 0.717) is 75.3 Å². The number of benzene rings is 4. The first-order valence-electron chi connectivity index (χ1n) is 48.2. The lowest BCUT2D eigenvalue weighted by atomic mass is 9.69. The van der Waals surface area contributed by atoms with Crippen molar-refractivity contribution in [2.75, 3.05) is 182 Å². The number of urea groups is 4. The van der Waals surface area contributed by atoms with Crippen LogP contribution in [0.4, 0.5) is 59.8 Å². The molecule has 2 atom stereocenters. The zero-order chi connectivity index (χ0) is 93.8. The Hall–Kier alpha value is -11.4. The third kappa shape index (κ3) is 19.5. The lowest BCUT2D eigenvalue weighted by Crippen LogP contribution is -2.54. The number of nitrogens with zero attached hydrogens (tertiary/aromatic N) is 22. The average Bonchev–Trinajstić information content (AvgIpc) is 1.57. The van der Waals surface area contributed by atoms with E-state index in [0.717, 1.165) is 196 Å². The fourth-order valence-electron chi connectivity index (χ4n) is 23.2. The van der Waals surface area contributed by atoms with E-state index in [1.54, 1.807) is 73.9 Å². The largest absolute Gasteiger partial charge is 0.395 e. The number of carbonyl (C=O) groups excluding carboxylic acids is 4. The molecule has 712 valence electrons. The van der Waals surface area contributed by atoms with Gasteiger partial charge < -0.3 is 51.3 Å². The number of piperazine rings is 1. The number of hydrogen-bond donors (Lipinski definition) is 7. The van der Waals surface area contributed by atoms with E-state index in [2.05, 4.69) is 273 Å². The van der Waals surface area contributed by atoms with E-state index < -0.39 is 0 Å². The van der Waals surface area contributed by atoms with Crippen molar-refractivity contribution in [1.82, 2.24) is 95.4 Å². The van der Waals surface area contributed by atoms with Crippen LogP contribution in [0, 0.1) is 13.8 Å². The maximum Gasteiger partial charge on any atom is 0.322 e. The highest BCUT2D eigenvalue weighted by atomic mass is 16.3. The number of nitrogens with one attached hydrogen (secondary N) is 4. The van der Waals surface area contributed by atoms with Gasteiger partial charge in [0.1, 0.15) is 0 Å². The van der Waals surface area contributed by atoms with Crippen molar-refractivity contribution in [2.24, 2.45) is 0 Å². The van der Waals surface area contributed by atoms with Crippen molar-refractivity contribution in [3.05, 3.63) is 211 Å². The molecule has 4 saturated carbocycles. The first-order chi connectivity index (χ1) is 64.6. The van der Waals surface area contributed by atoms with Crippen molar-refractivity contribution in [1.29, 1.82) is 0 Å². The van der Waals surface area contributed by atoms with Gasteiger partial charge in [0, 0.05) is 86.8 Å². The molecule has 7 saturated heterocycles. The van der Waals surface area contributed by atoms with Gasteiger partial charge >= 0.3 is 24.1 Å². The van der Waals surface area contributed by atoms with Crippen LogP contribution in [0.1, 0.15) is 162 Å².